The monoisotopic (exact) mass is 287 g/mol. The lowest BCUT2D eigenvalue weighted by atomic mass is 10.3. The van der Waals surface area contributed by atoms with Gasteiger partial charge in [-0.15, -0.1) is 0 Å². The SMILES string of the molecule is CC(Sc1cc2ccccc2[nH]1)c1ccc(C(=O)O)o1. The van der Waals surface area contributed by atoms with Crippen molar-refractivity contribution >= 4 is 28.6 Å². The van der Waals surface area contributed by atoms with Crippen LogP contribution in [0.25, 0.3) is 10.9 Å². The Morgan fingerprint density at radius 1 is 1.30 bits per heavy atom. The lowest BCUT2D eigenvalue weighted by molar-refractivity contribution is 0.0660. The first kappa shape index (κ1) is 12.9. The number of H-pyrrole nitrogens is 1. The zero-order chi connectivity index (χ0) is 14.1. The van der Waals surface area contributed by atoms with Gasteiger partial charge in [-0.3, -0.25) is 0 Å². The zero-order valence-corrected chi connectivity index (χ0v) is 11.6. The second-order valence-electron chi connectivity index (χ2n) is 4.49. The first-order chi connectivity index (χ1) is 9.63. The molecule has 0 spiro atoms. The van der Waals surface area contributed by atoms with Gasteiger partial charge in [-0.05, 0) is 31.2 Å². The highest BCUT2D eigenvalue weighted by Gasteiger charge is 2.16. The molecule has 102 valence electrons. The van der Waals surface area contributed by atoms with Crippen LogP contribution in [0.3, 0.4) is 0 Å². The summed E-state index contributed by atoms with van der Waals surface area (Å²) in [7, 11) is 0. The molecule has 20 heavy (non-hydrogen) atoms. The van der Waals surface area contributed by atoms with Crippen LogP contribution in [0.5, 0.6) is 0 Å². The van der Waals surface area contributed by atoms with Crippen molar-refractivity contribution in [2.75, 3.05) is 0 Å². The van der Waals surface area contributed by atoms with E-state index in [9.17, 15) is 4.79 Å². The van der Waals surface area contributed by atoms with Crippen molar-refractivity contribution in [1.82, 2.24) is 4.98 Å². The summed E-state index contributed by atoms with van der Waals surface area (Å²) in [6, 6.07) is 13.3. The number of aromatic nitrogens is 1. The number of rotatable bonds is 4. The molecule has 5 heteroatoms. The molecular weight excluding hydrogens is 274 g/mol. The second-order valence-corrected chi connectivity index (χ2v) is 5.87. The molecule has 3 aromatic rings. The van der Waals surface area contributed by atoms with E-state index in [0.29, 0.717) is 5.76 Å². The predicted molar refractivity (Wildman–Crippen MR) is 78.2 cm³/mol. The van der Waals surface area contributed by atoms with Crippen molar-refractivity contribution in [1.29, 1.82) is 0 Å². The predicted octanol–water partition coefficient (Wildman–Crippen LogP) is 4.31. The van der Waals surface area contributed by atoms with Crippen LogP contribution < -0.4 is 0 Å². The van der Waals surface area contributed by atoms with Crippen LogP contribution in [-0.2, 0) is 0 Å². The average Bonchev–Trinajstić information content (AvgIpc) is 3.04. The van der Waals surface area contributed by atoms with Gasteiger partial charge in [0.15, 0.2) is 0 Å². The third kappa shape index (κ3) is 2.44. The molecule has 0 saturated heterocycles. The van der Waals surface area contributed by atoms with Crippen LogP contribution in [0.2, 0.25) is 0 Å². The number of fused-ring (bicyclic) bond motifs is 1. The fourth-order valence-electron chi connectivity index (χ4n) is 2.05. The number of hydrogen-bond donors (Lipinski definition) is 2. The molecule has 0 fully saturated rings. The second kappa shape index (κ2) is 5.09. The highest BCUT2D eigenvalue weighted by molar-refractivity contribution is 7.99. The highest BCUT2D eigenvalue weighted by Crippen LogP contribution is 2.36. The van der Waals surface area contributed by atoms with Gasteiger partial charge in [-0.25, -0.2) is 4.79 Å². The standard InChI is InChI=1S/C15H13NO3S/c1-9(12-6-7-13(19-12)15(17)18)20-14-8-10-4-2-3-5-11(10)16-14/h2-9,16H,1H3,(H,17,18). The van der Waals surface area contributed by atoms with Crippen LogP contribution in [-0.4, -0.2) is 16.1 Å². The summed E-state index contributed by atoms with van der Waals surface area (Å²) in [5.74, 6) is -0.408. The third-order valence-electron chi connectivity index (χ3n) is 3.05. The Labute approximate surface area is 119 Å². The largest absolute Gasteiger partial charge is 0.475 e. The smallest absolute Gasteiger partial charge is 0.371 e. The zero-order valence-electron chi connectivity index (χ0n) is 10.8. The maximum Gasteiger partial charge on any atom is 0.371 e. The number of thioether (sulfide) groups is 1. The molecule has 0 aliphatic carbocycles. The number of aromatic carboxylic acids is 1. The molecular formula is C15H13NO3S. The van der Waals surface area contributed by atoms with Gasteiger partial charge in [0, 0.05) is 10.9 Å². The number of carboxylic acids is 1. The topological polar surface area (TPSA) is 66.2 Å². The van der Waals surface area contributed by atoms with Crippen molar-refractivity contribution < 1.29 is 14.3 Å². The summed E-state index contributed by atoms with van der Waals surface area (Å²) >= 11 is 1.61. The van der Waals surface area contributed by atoms with Gasteiger partial charge in [0.1, 0.15) is 5.76 Å². The quantitative estimate of drug-likeness (QED) is 0.702. The van der Waals surface area contributed by atoms with Gasteiger partial charge < -0.3 is 14.5 Å². The van der Waals surface area contributed by atoms with Crippen LogP contribution in [0.4, 0.5) is 0 Å². The Bertz CT molecular complexity index is 726. The highest BCUT2D eigenvalue weighted by atomic mass is 32.2. The minimum atomic E-state index is -1.04. The van der Waals surface area contributed by atoms with E-state index in [2.05, 4.69) is 17.1 Å². The molecule has 0 amide bonds. The van der Waals surface area contributed by atoms with Gasteiger partial charge in [0.25, 0.3) is 0 Å². The van der Waals surface area contributed by atoms with E-state index in [4.69, 9.17) is 9.52 Å². The summed E-state index contributed by atoms with van der Waals surface area (Å²) in [5.41, 5.74) is 1.09. The number of furan rings is 1. The number of para-hydroxylation sites is 1. The Hall–Kier alpha value is -2.14. The summed E-state index contributed by atoms with van der Waals surface area (Å²) in [4.78, 5) is 14.1. The maximum absolute atomic E-state index is 10.8. The van der Waals surface area contributed by atoms with E-state index in [-0.39, 0.29) is 11.0 Å². The molecule has 0 bridgehead atoms. The molecule has 0 aliphatic heterocycles. The average molecular weight is 287 g/mol. The molecule has 1 aromatic carbocycles. The molecule has 0 saturated carbocycles. The lowest BCUT2D eigenvalue weighted by Gasteiger charge is -2.05. The number of benzene rings is 1. The number of carbonyl (C=O) groups is 1. The summed E-state index contributed by atoms with van der Waals surface area (Å²) in [5, 5.41) is 11.1. The number of carboxylic acid groups (broad SMARTS) is 1. The molecule has 2 N–H and O–H groups in total. The van der Waals surface area contributed by atoms with Gasteiger partial charge in [-0.2, -0.15) is 0 Å². The number of aromatic amines is 1. The summed E-state index contributed by atoms with van der Waals surface area (Å²) in [6.07, 6.45) is 0. The van der Waals surface area contributed by atoms with Crippen LogP contribution in [0.15, 0.2) is 51.9 Å². The fourth-order valence-corrected chi connectivity index (χ4v) is 3.03. The van der Waals surface area contributed by atoms with Crippen molar-refractivity contribution in [2.24, 2.45) is 0 Å². The Balaban J connectivity index is 1.80. The van der Waals surface area contributed by atoms with Crippen molar-refractivity contribution in [3.8, 4) is 0 Å². The minimum absolute atomic E-state index is 0.0240. The molecule has 4 nitrogen and oxygen atoms in total. The van der Waals surface area contributed by atoms with E-state index >= 15 is 0 Å². The summed E-state index contributed by atoms with van der Waals surface area (Å²) in [6.45, 7) is 1.99. The Morgan fingerprint density at radius 2 is 2.10 bits per heavy atom. The van der Waals surface area contributed by atoms with E-state index < -0.39 is 5.97 Å². The third-order valence-corrected chi connectivity index (χ3v) is 4.11. The molecule has 3 rings (SSSR count). The van der Waals surface area contributed by atoms with Gasteiger partial charge in [-0.1, -0.05) is 30.0 Å². The minimum Gasteiger partial charge on any atom is -0.475 e. The van der Waals surface area contributed by atoms with Crippen molar-refractivity contribution in [3.05, 3.63) is 54.0 Å². The van der Waals surface area contributed by atoms with E-state index in [1.165, 1.54) is 6.07 Å². The lowest BCUT2D eigenvalue weighted by Crippen LogP contribution is -1.92. The Kier molecular flexibility index (Phi) is 3.28. The first-order valence-electron chi connectivity index (χ1n) is 6.21. The van der Waals surface area contributed by atoms with Crippen LogP contribution in [0.1, 0.15) is 28.5 Å². The number of hydrogen-bond acceptors (Lipinski definition) is 3. The molecule has 1 unspecified atom stereocenters. The van der Waals surface area contributed by atoms with E-state index in [0.717, 1.165) is 15.9 Å². The number of nitrogens with one attached hydrogen (secondary N) is 1. The van der Waals surface area contributed by atoms with E-state index in [1.54, 1.807) is 17.8 Å². The molecule has 1 atom stereocenters. The molecule has 0 radical (unpaired) electrons. The van der Waals surface area contributed by atoms with Crippen molar-refractivity contribution in [3.63, 3.8) is 0 Å². The maximum atomic E-state index is 10.8. The van der Waals surface area contributed by atoms with Crippen molar-refractivity contribution in [2.45, 2.75) is 17.2 Å². The van der Waals surface area contributed by atoms with Gasteiger partial charge >= 0.3 is 5.97 Å². The van der Waals surface area contributed by atoms with Crippen LogP contribution >= 0.6 is 11.8 Å². The first-order valence-corrected chi connectivity index (χ1v) is 7.09. The van der Waals surface area contributed by atoms with E-state index in [1.807, 2.05) is 25.1 Å². The fraction of sp³-hybridized carbons (Fsp3) is 0.133. The normalized spacial score (nSPS) is 12.7. The molecule has 2 heterocycles. The molecule has 2 aromatic heterocycles. The Morgan fingerprint density at radius 3 is 2.80 bits per heavy atom. The van der Waals surface area contributed by atoms with Crippen LogP contribution in [0, 0.1) is 0 Å². The molecule has 0 aliphatic rings. The van der Waals surface area contributed by atoms with Gasteiger partial charge in [0.2, 0.25) is 5.76 Å². The van der Waals surface area contributed by atoms with Gasteiger partial charge in [0.05, 0.1) is 10.3 Å². The summed E-state index contributed by atoms with van der Waals surface area (Å²) < 4.78 is 5.32.